The SMILES string of the molecule is CCCCCC(=O)N[C@H](C(=O)N[C@H](C(=O)N(C(=O)CCC(N)CC(C)C)[C@@H](CO)C(=O)C(C(=O)O)C(O)C(N)CC(C)C)C(C)C)C(C)C. The number of aliphatic hydroxyl groups excluding tert-OH is 2. The molecule has 0 fully saturated rings. The van der Waals surface area contributed by atoms with Crippen molar-refractivity contribution < 1.29 is 44.1 Å². The minimum absolute atomic E-state index is 0.0521. The van der Waals surface area contributed by atoms with Gasteiger partial charge in [-0.05, 0) is 49.4 Å². The molecule has 284 valence electrons. The third-order valence-electron chi connectivity index (χ3n) is 8.42. The van der Waals surface area contributed by atoms with Gasteiger partial charge in [0.25, 0.3) is 5.91 Å². The van der Waals surface area contributed by atoms with Crippen LogP contribution >= 0.6 is 0 Å². The van der Waals surface area contributed by atoms with Crippen molar-refractivity contribution in [2.75, 3.05) is 6.61 Å². The number of nitrogens with zero attached hydrogens (tertiary/aromatic N) is 1. The maximum absolute atomic E-state index is 14.3. The van der Waals surface area contributed by atoms with Gasteiger partial charge in [0.15, 0.2) is 5.78 Å². The van der Waals surface area contributed by atoms with Crippen LogP contribution < -0.4 is 22.1 Å². The molecule has 0 aromatic heterocycles. The van der Waals surface area contributed by atoms with Gasteiger partial charge in [0.1, 0.15) is 24.0 Å². The van der Waals surface area contributed by atoms with Crippen molar-refractivity contribution in [2.45, 2.75) is 150 Å². The number of amides is 4. The first-order chi connectivity index (χ1) is 22.7. The number of nitrogens with one attached hydrogen (secondary N) is 2. The van der Waals surface area contributed by atoms with Crippen molar-refractivity contribution >= 4 is 35.4 Å². The minimum atomic E-state index is -2.17. The molecule has 0 aliphatic carbocycles. The van der Waals surface area contributed by atoms with Gasteiger partial charge in [-0.15, -0.1) is 0 Å². The summed E-state index contributed by atoms with van der Waals surface area (Å²) in [7, 11) is 0. The van der Waals surface area contributed by atoms with Crippen LogP contribution in [0.15, 0.2) is 0 Å². The number of carbonyl (C=O) groups is 6. The average molecular weight is 700 g/mol. The lowest BCUT2D eigenvalue weighted by atomic mass is 9.85. The highest BCUT2D eigenvalue weighted by Gasteiger charge is 2.46. The number of aliphatic hydroxyl groups is 2. The number of carbonyl (C=O) groups excluding carboxylic acids is 5. The number of aliphatic carboxylic acids is 1. The Morgan fingerprint density at radius 2 is 1.33 bits per heavy atom. The number of unbranched alkanes of at least 4 members (excludes halogenated alkanes) is 2. The number of Topliss-reactive ketones (excluding diaryl/α,β-unsaturated/α-hetero) is 1. The zero-order valence-electron chi connectivity index (χ0n) is 31.1. The Balaban J connectivity index is 6.76. The summed E-state index contributed by atoms with van der Waals surface area (Å²) in [5, 5.41) is 36.7. The predicted octanol–water partition coefficient (Wildman–Crippen LogP) is 1.72. The summed E-state index contributed by atoms with van der Waals surface area (Å²) in [5.74, 6) is -9.06. The molecule has 0 rings (SSSR count). The monoisotopic (exact) mass is 699 g/mol. The Morgan fingerprint density at radius 3 is 1.78 bits per heavy atom. The highest BCUT2D eigenvalue weighted by Crippen LogP contribution is 2.22. The number of ketones is 1. The molecule has 49 heavy (non-hydrogen) atoms. The van der Waals surface area contributed by atoms with E-state index in [9.17, 15) is 44.1 Å². The fourth-order valence-corrected chi connectivity index (χ4v) is 5.70. The normalized spacial score (nSPS) is 16.1. The molecule has 4 amide bonds. The first-order valence-corrected chi connectivity index (χ1v) is 17.7. The molecule has 0 aromatic rings. The molecular formula is C35H65N5O9. The van der Waals surface area contributed by atoms with Crippen LogP contribution in [-0.2, 0) is 28.8 Å². The van der Waals surface area contributed by atoms with Crippen molar-refractivity contribution in [3.05, 3.63) is 0 Å². The number of carboxylic acid groups (broad SMARTS) is 1. The van der Waals surface area contributed by atoms with E-state index in [1.165, 1.54) is 0 Å². The van der Waals surface area contributed by atoms with Crippen molar-refractivity contribution in [3.8, 4) is 0 Å². The molecule has 0 saturated carbocycles. The number of hydrogen-bond donors (Lipinski definition) is 7. The molecule has 0 bridgehead atoms. The first kappa shape index (κ1) is 46.1. The Hall–Kier alpha value is -2.94. The van der Waals surface area contributed by atoms with E-state index < -0.39 is 84.2 Å². The van der Waals surface area contributed by atoms with Gasteiger partial charge in [-0.3, -0.25) is 33.7 Å². The van der Waals surface area contributed by atoms with E-state index in [2.05, 4.69) is 10.6 Å². The fourth-order valence-electron chi connectivity index (χ4n) is 5.70. The molecule has 0 aromatic carbocycles. The molecule has 0 saturated heterocycles. The summed E-state index contributed by atoms with van der Waals surface area (Å²) in [6.07, 6.45) is 1.26. The summed E-state index contributed by atoms with van der Waals surface area (Å²) in [4.78, 5) is 81.0. The van der Waals surface area contributed by atoms with E-state index in [1.54, 1.807) is 41.5 Å². The summed E-state index contributed by atoms with van der Waals surface area (Å²) in [5.41, 5.74) is 12.2. The molecule has 0 aliphatic rings. The topological polar surface area (TPSA) is 242 Å². The maximum Gasteiger partial charge on any atom is 0.316 e. The second-order valence-corrected chi connectivity index (χ2v) is 14.7. The second kappa shape index (κ2) is 22.7. The number of nitrogens with two attached hydrogens (primary N) is 2. The quantitative estimate of drug-likeness (QED) is 0.0565. The molecule has 7 atom stereocenters. The van der Waals surface area contributed by atoms with Gasteiger partial charge in [-0.2, -0.15) is 0 Å². The van der Waals surface area contributed by atoms with E-state index in [4.69, 9.17) is 11.5 Å². The molecule has 0 aliphatic heterocycles. The smallest absolute Gasteiger partial charge is 0.316 e. The highest BCUT2D eigenvalue weighted by atomic mass is 16.4. The Labute approximate surface area is 292 Å². The molecule has 4 unspecified atom stereocenters. The molecule has 14 nitrogen and oxygen atoms in total. The van der Waals surface area contributed by atoms with Crippen LogP contribution in [0.5, 0.6) is 0 Å². The van der Waals surface area contributed by atoms with Crippen molar-refractivity contribution in [1.29, 1.82) is 0 Å². The highest BCUT2D eigenvalue weighted by molar-refractivity contribution is 6.08. The number of rotatable bonds is 24. The van der Waals surface area contributed by atoms with Crippen molar-refractivity contribution in [2.24, 2.45) is 41.1 Å². The molecule has 0 radical (unpaired) electrons. The van der Waals surface area contributed by atoms with Gasteiger partial charge in [-0.25, -0.2) is 0 Å². The van der Waals surface area contributed by atoms with Gasteiger partial charge >= 0.3 is 5.97 Å². The van der Waals surface area contributed by atoms with E-state index >= 15 is 0 Å². The third kappa shape index (κ3) is 15.7. The molecule has 0 heterocycles. The van der Waals surface area contributed by atoms with E-state index in [-0.39, 0.29) is 49.3 Å². The zero-order chi connectivity index (χ0) is 38.2. The van der Waals surface area contributed by atoms with Crippen LogP contribution in [0.1, 0.15) is 114 Å². The molecule has 0 spiro atoms. The van der Waals surface area contributed by atoms with Gasteiger partial charge in [0, 0.05) is 24.9 Å². The van der Waals surface area contributed by atoms with E-state index in [0.717, 1.165) is 12.8 Å². The zero-order valence-corrected chi connectivity index (χ0v) is 31.1. The van der Waals surface area contributed by atoms with Gasteiger partial charge < -0.3 is 37.4 Å². The summed E-state index contributed by atoms with van der Waals surface area (Å²) in [6, 6.07) is -6.02. The van der Waals surface area contributed by atoms with Crippen LogP contribution in [0.2, 0.25) is 0 Å². The molecular weight excluding hydrogens is 634 g/mol. The lowest BCUT2D eigenvalue weighted by Crippen LogP contribution is -2.62. The summed E-state index contributed by atoms with van der Waals surface area (Å²) < 4.78 is 0. The Bertz CT molecular complexity index is 1080. The van der Waals surface area contributed by atoms with Crippen LogP contribution in [-0.4, -0.2) is 98.5 Å². The molecule has 9 N–H and O–H groups in total. The van der Waals surface area contributed by atoms with E-state index in [1.807, 2.05) is 20.8 Å². The lowest BCUT2D eigenvalue weighted by molar-refractivity contribution is -0.162. The molecule has 14 heteroatoms. The Kier molecular flexibility index (Phi) is 21.3. The van der Waals surface area contributed by atoms with Crippen molar-refractivity contribution in [1.82, 2.24) is 15.5 Å². The van der Waals surface area contributed by atoms with Crippen LogP contribution in [0, 0.1) is 29.6 Å². The van der Waals surface area contributed by atoms with E-state index in [0.29, 0.717) is 17.7 Å². The maximum atomic E-state index is 14.3. The number of hydrogen-bond acceptors (Lipinski definition) is 10. The Morgan fingerprint density at radius 1 is 0.776 bits per heavy atom. The number of carboxylic acids is 1. The van der Waals surface area contributed by atoms with Crippen LogP contribution in [0.4, 0.5) is 0 Å². The third-order valence-corrected chi connectivity index (χ3v) is 8.42. The van der Waals surface area contributed by atoms with Gasteiger partial charge in [0.2, 0.25) is 17.7 Å². The minimum Gasteiger partial charge on any atom is -0.481 e. The summed E-state index contributed by atoms with van der Waals surface area (Å²) >= 11 is 0. The second-order valence-electron chi connectivity index (χ2n) is 14.7. The predicted molar refractivity (Wildman–Crippen MR) is 187 cm³/mol. The van der Waals surface area contributed by atoms with Crippen molar-refractivity contribution in [3.63, 3.8) is 0 Å². The van der Waals surface area contributed by atoms with Gasteiger partial charge in [-0.1, -0.05) is 75.2 Å². The van der Waals surface area contributed by atoms with Crippen LogP contribution in [0.3, 0.4) is 0 Å². The standard InChI is InChI=1S/C35H65N5O9/c1-10-11-12-13-26(42)38-29(21(6)7)33(46)39-30(22(8)9)34(47)40(27(43)15-14-23(36)16-19(2)3)25(18-41)32(45)28(35(48)49)31(44)24(37)17-20(4)5/h19-25,28-31,41,44H,10-18,36-37H2,1-9H3,(H,38,42)(H,39,46)(H,48,49)/t23?,24?,25-,28?,29-,30-,31?/m0/s1. The fraction of sp³-hybridized carbons (Fsp3) is 0.829. The largest absolute Gasteiger partial charge is 0.481 e. The summed E-state index contributed by atoms with van der Waals surface area (Å²) in [6.45, 7) is 15.0. The average Bonchev–Trinajstić information content (AvgIpc) is 2.98. The number of imide groups is 1. The van der Waals surface area contributed by atoms with Crippen LogP contribution in [0.25, 0.3) is 0 Å². The first-order valence-electron chi connectivity index (χ1n) is 17.7. The lowest BCUT2D eigenvalue weighted by Gasteiger charge is -2.36. The van der Waals surface area contributed by atoms with Gasteiger partial charge in [0.05, 0.1) is 12.7 Å².